The van der Waals surface area contributed by atoms with E-state index in [1.165, 1.54) is 0 Å². The second-order valence-electron chi connectivity index (χ2n) is 1.92. The quantitative estimate of drug-likeness (QED) is 0.414. The average molecular weight is 118 g/mol. The molecule has 2 aliphatic heterocycles. The zero-order valence-corrected chi connectivity index (χ0v) is 4.61. The first-order chi connectivity index (χ1) is 3.38. The molecule has 3 unspecified atom stereocenters. The van der Waals surface area contributed by atoms with Gasteiger partial charge >= 0.3 is 0 Å². The lowest BCUT2D eigenvalue weighted by atomic mass is 10.4. The number of fused-ring (bicyclic) bond motifs is 1. The summed E-state index contributed by atoms with van der Waals surface area (Å²) in [5, 5.41) is 0. The van der Waals surface area contributed by atoms with E-state index in [1.807, 2.05) is 0 Å². The Morgan fingerprint density at radius 3 is 2.71 bits per heavy atom. The monoisotopic (exact) mass is 118 g/mol. The van der Waals surface area contributed by atoms with Crippen molar-refractivity contribution in [2.75, 3.05) is 5.75 Å². The molecule has 2 saturated heterocycles. The molecule has 2 heterocycles. The fourth-order valence-corrected chi connectivity index (χ4v) is 2.35. The molecular weight excluding hydrogens is 112 g/mol. The van der Waals surface area contributed by atoms with E-state index in [4.69, 9.17) is 4.74 Å². The molecular formula is C4H6O2S. The number of epoxide rings is 1. The Kier molecular flexibility index (Phi) is 0.627. The van der Waals surface area contributed by atoms with Crippen molar-refractivity contribution in [3.8, 4) is 0 Å². The molecule has 40 valence electrons. The number of hydrogen-bond donors (Lipinski definition) is 0. The molecule has 3 atom stereocenters. The molecule has 0 bridgehead atoms. The molecule has 0 aromatic carbocycles. The summed E-state index contributed by atoms with van der Waals surface area (Å²) in [7, 11) is -0.616. The van der Waals surface area contributed by atoms with Crippen molar-refractivity contribution >= 4 is 10.8 Å². The van der Waals surface area contributed by atoms with Gasteiger partial charge in [-0.15, -0.1) is 0 Å². The molecule has 2 aliphatic rings. The van der Waals surface area contributed by atoms with Gasteiger partial charge in [-0.2, -0.15) is 0 Å². The molecule has 7 heavy (non-hydrogen) atoms. The van der Waals surface area contributed by atoms with Crippen LogP contribution in [-0.4, -0.2) is 21.5 Å². The molecule has 0 amide bonds. The van der Waals surface area contributed by atoms with Crippen LogP contribution in [0.25, 0.3) is 0 Å². The van der Waals surface area contributed by atoms with Crippen LogP contribution >= 0.6 is 0 Å². The van der Waals surface area contributed by atoms with E-state index in [9.17, 15) is 4.21 Å². The van der Waals surface area contributed by atoms with Crippen molar-refractivity contribution in [1.82, 2.24) is 0 Å². The average Bonchev–Trinajstić information content (AvgIpc) is 2.33. The van der Waals surface area contributed by atoms with Gasteiger partial charge < -0.3 is 4.74 Å². The van der Waals surface area contributed by atoms with Crippen LogP contribution in [0.2, 0.25) is 0 Å². The summed E-state index contributed by atoms with van der Waals surface area (Å²) in [6.45, 7) is 0. The Labute approximate surface area is 44.3 Å². The summed E-state index contributed by atoms with van der Waals surface area (Å²) in [4.78, 5) is 0. The lowest BCUT2D eigenvalue weighted by molar-refractivity contribution is 0.385. The summed E-state index contributed by atoms with van der Waals surface area (Å²) >= 11 is 0. The predicted octanol–water partition coefficient (Wildman–Crippen LogP) is -0.136. The molecule has 0 saturated carbocycles. The molecule has 0 aromatic rings. The van der Waals surface area contributed by atoms with Crippen LogP contribution in [0.4, 0.5) is 0 Å². The normalized spacial score (nSPS) is 56.9. The van der Waals surface area contributed by atoms with Crippen molar-refractivity contribution in [2.45, 2.75) is 18.0 Å². The van der Waals surface area contributed by atoms with E-state index in [2.05, 4.69) is 0 Å². The zero-order chi connectivity index (χ0) is 4.85. The number of hydrogen-bond acceptors (Lipinski definition) is 2. The Balaban J connectivity index is 2.21. The maximum absolute atomic E-state index is 10.6. The first kappa shape index (κ1) is 4.04. The van der Waals surface area contributed by atoms with Crippen LogP contribution < -0.4 is 0 Å². The Hall–Kier alpha value is 0.110. The van der Waals surface area contributed by atoms with E-state index in [0.717, 1.165) is 12.2 Å². The molecule has 0 radical (unpaired) electrons. The fraction of sp³-hybridized carbons (Fsp3) is 1.00. The molecule has 2 rings (SSSR count). The van der Waals surface area contributed by atoms with Gasteiger partial charge in [0, 0.05) is 5.75 Å². The van der Waals surface area contributed by atoms with Crippen LogP contribution in [0.5, 0.6) is 0 Å². The van der Waals surface area contributed by atoms with E-state index in [1.54, 1.807) is 0 Å². The highest BCUT2D eigenvalue weighted by molar-refractivity contribution is 7.86. The van der Waals surface area contributed by atoms with Gasteiger partial charge in [-0.3, -0.25) is 4.21 Å². The van der Waals surface area contributed by atoms with Crippen LogP contribution in [0, 0.1) is 0 Å². The van der Waals surface area contributed by atoms with Crippen molar-refractivity contribution in [1.29, 1.82) is 0 Å². The van der Waals surface area contributed by atoms with Crippen molar-refractivity contribution in [3.63, 3.8) is 0 Å². The lowest BCUT2D eigenvalue weighted by Gasteiger charge is -1.84. The highest BCUT2D eigenvalue weighted by Gasteiger charge is 2.48. The van der Waals surface area contributed by atoms with Gasteiger partial charge in [0.25, 0.3) is 0 Å². The van der Waals surface area contributed by atoms with Gasteiger partial charge in [0.15, 0.2) is 5.44 Å². The standard InChI is InChI=1S/C4H6O2S/c5-7-2-1-3-4(7)6-3/h3-4H,1-2H2. The molecule has 0 aliphatic carbocycles. The molecule has 0 spiro atoms. The maximum atomic E-state index is 10.6. The molecule has 0 aromatic heterocycles. The van der Waals surface area contributed by atoms with E-state index >= 15 is 0 Å². The van der Waals surface area contributed by atoms with E-state index < -0.39 is 10.8 Å². The Bertz CT molecular complexity index is 123. The largest absolute Gasteiger partial charge is 0.355 e. The van der Waals surface area contributed by atoms with E-state index in [0.29, 0.717) is 6.10 Å². The topological polar surface area (TPSA) is 29.6 Å². The lowest BCUT2D eigenvalue weighted by Crippen LogP contribution is -1.94. The van der Waals surface area contributed by atoms with Crippen molar-refractivity contribution < 1.29 is 8.95 Å². The van der Waals surface area contributed by atoms with Gasteiger partial charge in [-0.1, -0.05) is 0 Å². The van der Waals surface area contributed by atoms with Crippen LogP contribution in [-0.2, 0) is 15.5 Å². The third-order valence-corrected chi connectivity index (χ3v) is 2.97. The Morgan fingerprint density at radius 2 is 2.57 bits per heavy atom. The van der Waals surface area contributed by atoms with Gasteiger partial charge in [0.1, 0.15) is 0 Å². The van der Waals surface area contributed by atoms with Gasteiger partial charge in [0.2, 0.25) is 0 Å². The third kappa shape index (κ3) is 0.452. The first-order valence-corrected chi connectivity index (χ1v) is 3.79. The highest BCUT2D eigenvalue weighted by Crippen LogP contribution is 2.35. The minimum atomic E-state index is -0.616. The molecule has 2 nitrogen and oxygen atoms in total. The smallest absolute Gasteiger partial charge is 0.159 e. The highest BCUT2D eigenvalue weighted by atomic mass is 32.2. The molecule has 2 fully saturated rings. The predicted molar refractivity (Wildman–Crippen MR) is 26.3 cm³/mol. The van der Waals surface area contributed by atoms with Gasteiger partial charge in [-0.05, 0) is 6.42 Å². The summed E-state index contributed by atoms with van der Waals surface area (Å²) in [6, 6.07) is 0. The zero-order valence-electron chi connectivity index (χ0n) is 3.79. The Morgan fingerprint density at radius 1 is 1.71 bits per heavy atom. The molecule has 3 heteroatoms. The maximum Gasteiger partial charge on any atom is 0.159 e. The first-order valence-electron chi connectivity index (χ1n) is 2.40. The van der Waals surface area contributed by atoms with Crippen molar-refractivity contribution in [3.05, 3.63) is 0 Å². The van der Waals surface area contributed by atoms with Crippen molar-refractivity contribution in [2.24, 2.45) is 0 Å². The van der Waals surface area contributed by atoms with Crippen LogP contribution in [0.1, 0.15) is 6.42 Å². The number of ether oxygens (including phenoxy) is 1. The number of rotatable bonds is 0. The van der Waals surface area contributed by atoms with E-state index in [-0.39, 0.29) is 5.44 Å². The summed E-state index contributed by atoms with van der Waals surface area (Å²) < 4.78 is 15.6. The second-order valence-corrected chi connectivity index (χ2v) is 3.55. The second kappa shape index (κ2) is 1.09. The van der Waals surface area contributed by atoms with Gasteiger partial charge in [-0.25, -0.2) is 0 Å². The van der Waals surface area contributed by atoms with Crippen LogP contribution in [0.3, 0.4) is 0 Å². The summed E-state index contributed by atoms with van der Waals surface area (Å²) in [5.74, 6) is 0.870. The van der Waals surface area contributed by atoms with Crippen LogP contribution in [0.15, 0.2) is 0 Å². The minimum Gasteiger partial charge on any atom is -0.355 e. The SMILES string of the molecule is O=S1CCC2OC21. The summed E-state index contributed by atoms with van der Waals surface area (Å²) in [6.07, 6.45) is 1.41. The van der Waals surface area contributed by atoms with Gasteiger partial charge in [0.05, 0.1) is 16.9 Å². The minimum absolute atomic E-state index is 0.153. The fourth-order valence-electron chi connectivity index (χ4n) is 0.911. The molecule has 0 N–H and O–H groups in total. The summed E-state index contributed by atoms with van der Waals surface area (Å²) in [5.41, 5.74) is 0.153. The third-order valence-electron chi connectivity index (χ3n) is 1.40.